The molecule has 0 aromatic rings. The van der Waals surface area contributed by atoms with E-state index in [9.17, 15) is 0 Å². The highest BCUT2D eigenvalue weighted by Crippen LogP contribution is 2.32. The molecule has 0 aliphatic carbocycles. The Labute approximate surface area is 131 Å². The van der Waals surface area contributed by atoms with E-state index in [1.54, 1.807) is 0 Å². The van der Waals surface area contributed by atoms with Crippen LogP contribution in [0.25, 0.3) is 0 Å². The van der Waals surface area contributed by atoms with Crippen molar-refractivity contribution in [2.75, 3.05) is 66.6 Å². The largest absolute Gasteiger partial charge is 0.381 e. The Kier molecular flexibility index (Phi) is 6.93. The van der Waals surface area contributed by atoms with Gasteiger partial charge in [0.25, 0.3) is 0 Å². The van der Waals surface area contributed by atoms with Crippen molar-refractivity contribution < 1.29 is 4.74 Å². The lowest BCUT2D eigenvalue weighted by Crippen LogP contribution is -2.49. The van der Waals surface area contributed by atoms with Crippen LogP contribution >= 0.6 is 0 Å². The van der Waals surface area contributed by atoms with E-state index in [4.69, 9.17) is 4.74 Å². The Morgan fingerprint density at radius 2 is 1.86 bits per heavy atom. The molecule has 2 fully saturated rings. The third-order valence-corrected chi connectivity index (χ3v) is 5.19. The second-order valence-electron chi connectivity index (χ2n) is 7.37. The molecule has 2 rings (SSSR count). The van der Waals surface area contributed by atoms with Crippen molar-refractivity contribution in [3.63, 3.8) is 0 Å². The summed E-state index contributed by atoms with van der Waals surface area (Å²) in [6.07, 6.45) is 5.17. The Bertz CT molecular complexity index is 282. The van der Waals surface area contributed by atoms with Crippen molar-refractivity contribution >= 4 is 0 Å². The first-order valence-corrected chi connectivity index (χ1v) is 8.79. The van der Waals surface area contributed by atoms with Crippen molar-refractivity contribution in [2.45, 2.75) is 32.6 Å². The van der Waals surface area contributed by atoms with E-state index < -0.39 is 0 Å². The SMILES string of the molecule is CCNCC1(CN2CCC(CN(C)C)CC2)CCOCC1. The van der Waals surface area contributed by atoms with Gasteiger partial charge in [0.1, 0.15) is 0 Å². The van der Waals surface area contributed by atoms with Crippen LogP contribution in [0.15, 0.2) is 0 Å². The molecule has 0 aromatic carbocycles. The van der Waals surface area contributed by atoms with E-state index in [0.717, 1.165) is 32.2 Å². The molecule has 4 nitrogen and oxygen atoms in total. The molecular formula is C17H35N3O. The average Bonchev–Trinajstić information content (AvgIpc) is 2.48. The van der Waals surface area contributed by atoms with Crippen LogP contribution < -0.4 is 5.32 Å². The topological polar surface area (TPSA) is 27.7 Å². The van der Waals surface area contributed by atoms with Gasteiger partial charge >= 0.3 is 0 Å². The first-order chi connectivity index (χ1) is 10.1. The number of nitrogens with one attached hydrogen (secondary N) is 1. The van der Waals surface area contributed by atoms with Gasteiger partial charge in [-0.3, -0.25) is 0 Å². The van der Waals surface area contributed by atoms with Gasteiger partial charge in [0.15, 0.2) is 0 Å². The number of likely N-dealkylation sites (tertiary alicyclic amines) is 1. The molecule has 21 heavy (non-hydrogen) atoms. The van der Waals surface area contributed by atoms with Gasteiger partial charge in [-0.15, -0.1) is 0 Å². The third-order valence-electron chi connectivity index (χ3n) is 5.19. The first kappa shape index (κ1) is 17.2. The second-order valence-corrected chi connectivity index (χ2v) is 7.37. The highest BCUT2D eigenvalue weighted by atomic mass is 16.5. The number of rotatable bonds is 7. The van der Waals surface area contributed by atoms with E-state index in [0.29, 0.717) is 5.41 Å². The van der Waals surface area contributed by atoms with Gasteiger partial charge < -0.3 is 19.9 Å². The summed E-state index contributed by atoms with van der Waals surface area (Å²) in [7, 11) is 4.39. The Morgan fingerprint density at radius 1 is 1.19 bits per heavy atom. The summed E-state index contributed by atoms with van der Waals surface area (Å²) >= 11 is 0. The van der Waals surface area contributed by atoms with Crippen molar-refractivity contribution in [3.8, 4) is 0 Å². The van der Waals surface area contributed by atoms with E-state index in [2.05, 4.69) is 36.1 Å². The van der Waals surface area contributed by atoms with Crippen molar-refractivity contribution in [1.29, 1.82) is 0 Å². The maximum atomic E-state index is 5.60. The zero-order chi connectivity index (χ0) is 15.1. The summed E-state index contributed by atoms with van der Waals surface area (Å²) < 4.78 is 5.60. The van der Waals surface area contributed by atoms with E-state index in [1.165, 1.54) is 51.9 Å². The smallest absolute Gasteiger partial charge is 0.0472 e. The van der Waals surface area contributed by atoms with Crippen LogP contribution in [0.5, 0.6) is 0 Å². The molecule has 0 saturated carbocycles. The lowest BCUT2D eigenvalue weighted by atomic mass is 9.79. The van der Waals surface area contributed by atoms with Gasteiger partial charge in [0, 0.05) is 32.8 Å². The summed E-state index contributed by atoms with van der Waals surface area (Å²) in [5.41, 5.74) is 0.447. The molecule has 0 spiro atoms. The van der Waals surface area contributed by atoms with Crippen molar-refractivity contribution in [1.82, 2.24) is 15.1 Å². The van der Waals surface area contributed by atoms with E-state index >= 15 is 0 Å². The predicted octanol–water partition coefficient (Wildman–Crippen LogP) is 1.67. The molecule has 4 heteroatoms. The summed E-state index contributed by atoms with van der Waals surface area (Å²) in [5.74, 6) is 0.899. The molecule has 0 atom stereocenters. The minimum absolute atomic E-state index is 0.447. The van der Waals surface area contributed by atoms with Crippen LogP contribution in [0.1, 0.15) is 32.6 Å². The Morgan fingerprint density at radius 3 is 2.43 bits per heavy atom. The van der Waals surface area contributed by atoms with Crippen LogP contribution in [0, 0.1) is 11.3 Å². The highest BCUT2D eigenvalue weighted by Gasteiger charge is 2.35. The number of ether oxygens (including phenoxy) is 1. The number of hydrogen-bond donors (Lipinski definition) is 1. The average molecular weight is 297 g/mol. The monoisotopic (exact) mass is 297 g/mol. The van der Waals surface area contributed by atoms with Gasteiger partial charge in [0.2, 0.25) is 0 Å². The van der Waals surface area contributed by atoms with Crippen LogP contribution in [-0.2, 0) is 4.74 Å². The Hall–Kier alpha value is -0.160. The zero-order valence-electron chi connectivity index (χ0n) is 14.4. The highest BCUT2D eigenvalue weighted by molar-refractivity contribution is 4.88. The molecule has 1 N–H and O–H groups in total. The van der Waals surface area contributed by atoms with Crippen LogP contribution in [0.2, 0.25) is 0 Å². The minimum Gasteiger partial charge on any atom is -0.381 e. The van der Waals surface area contributed by atoms with Crippen LogP contribution in [0.3, 0.4) is 0 Å². The van der Waals surface area contributed by atoms with Gasteiger partial charge in [0.05, 0.1) is 0 Å². The second kappa shape index (κ2) is 8.47. The van der Waals surface area contributed by atoms with Crippen molar-refractivity contribution in [2.24, 2.45) is 11.3 Å². The normalized spacial score (nSPS) is 24.6. The molecule has 0 bridgehead atoms. The maximum Gasteiger partial charge on any atom is 0.0472 e. The molecule has 2 saturated heterocycles. The Balaban J connectivity index is 1.81. The molecule has 2 heterocycles. The summed E-state index contributed by atoms with van der Waals surface area (Å²) in [4.78, 5) is 5.06. The van der Waals surface area contributed by atoms with Crippen LogP contribution in [-0.4, -0.2) is 76.4 Å². The number of hydrogen-bond acceptors (Lipinski definition) is 4. The molecule has 0 amide bonds. The molecule has 0 unspecified atom stereocenters. The number of nitrogens with zero attached hydrogens (tertiary/aromatic N) is 2. The summed E-state index contributed by atoms with van der Waals surface area (Å²) in [5, 5.41) is 3.59. The zero-order valence-corrected chi connectivity index (χ0v) is 14.4. The quantitative estimate of drug-likeness (QED) is 0.773. The molecular weight excluding hydrogens is 262 g/mol. The van der Waals surface area contributed by atoms with Gasteiger partial charge in [-0.05, 0) is 70.7 Å². The summed E-state index contributed by atoms with van der Waals surface area (Å²) in [6, 6.07) is 0. The van der Waals surface area contributed by atoms with Crippen LogP contribution in [0.4, 0.5) is 0 Å². The predicted molar refractivity (Wildman–Crippen MR) is 88.7 cm³/mol. The standard InChI is InChI=1S/C17H35N3O/c1-4-18-14-17(7-11-21-12-8-17)15-20-9-5-16(6-10-20)13-19(2)3/h16,18H,4-15H2,1-3H3. The molecule has 2 aliphatic rings. The third kappa shape index (κ3) is 5.51. The minimum atomic E-state index is 0.447. The van der Waals surface area contributed by atoms with Gasteiger partial charge in [-0.25, -0.2) is 0 Å². The van der Waals surface area contributed by atoms with Gasteiger partial charge in [-0.1, -0.05) is 6.92 Å². The van der Waals surface area contributed by atoms with E-state index in [1.807, 2.05) is 0 Å². The van der Waals surface area contributed by atoms with Crippen molar-refractivity contribution in [3.05, 3.63) is 0 Å². The number of piperidine rings is 1. The fraction of sp³-hybridized carbons (Fsp3) is 1.00. The molecule has 0 radical (unpaired) electrons. The van der Waals surface area contributed by atoms with Gasteiger partial charge in [-0.2, -0.15) is 0 Å². The summed E-state index contributed by atoms with van der Waals surface area (Å²) in [6.45, 7) is 11.4. The molecule has 124 valence electrons. The fourth-order valence-electron chi connectivity index (χ4n) is 3.90. The molecule has 2 aliphatic heterocycles. The maximum absolute atomic E-state index is 5.60. The lowest BCUT2D eigenvalue weighted by Gasteiger charge is -2.43. The first-order valence-electron chi connectivity index (χ1n) is 8.79. The van der Waals surface area contributed by atoms with E-state index in [-0.39, 0.29) is 0 Å². The fourth-order valence-corrected chi connectivity index (χ4v) is 3.90. The molecule has 0 aromatic heterocycles. The lowest BCUT2D eigenvalue weighted by molar-refractivity contribution is -0.00996.